The number of aromatic nitrogens is 4. The monoisotopic (exact) mass is 287 g/mol. The zero-order valence-corrected chi connectivity index (χ0v) is 11.1. The van der Waals surface area contributed by atoms with Gasteiger partial charge in [-0.05, 0) is 53.2 Å². The summed E-state index contributed by atoms with van der Waals surface area (Å²) in [5.41, 5.74) is 7.23. The van der Waals surface area contributed by atoms with Crippen molar-refractivity contribution < 1.29 is 8.78 Å². The van der Waals surface area contributed by atoms with Crippen LogP contribution in [0.15, 0.2) is 36.4 Å². The lowest BCUT2D eigenvalue weighted by Gasteiger charge is -2.08. The van der Waals surface area contributed by atoms with Crippen molar-refractivity contribution in [2.24, 2.45) is 0 Å². The molecule has 0 atom stereocenters. The smallest absolute Gasteiger partial charge is 0.187 e. The van der Waals surface area contributed by atoms with E-state index in [2.05, 4.69) is 15.5 Å². The van der Waals surface area contributed by atoms with E-state index in [1.807, 2.05) is 6.92 Å². The summed E-state index contributed by atoms with van der Waals surface area (Å²) in [5, 5.41) is 11.3. The Morgan fingerprint density at radius 1 is 1.10 bits per heavy atom. The first-order valence-electron chi connectivity index (χ1n) is 6.16. The molecule has 5 nitrogen and oxygen atoms in total. The first kappa shape index (κ1) is 13.2. The number of halogens is 2. The van der Waals surface area contributed by atoms with Gasteiger partial charge in [-0.3, -0.25) is 0 Å². The standard InChI is InChI=1S/C14H11F2N5/c1-8-2-4-10(15)7-13(8)21-14(18-19-20-21)9-3-5-12(17)11(16)6-9/h2-7H,17H2,1H3. The second-order valence-corrected chi connectivity index (χ2v) is 4.58. The number of nitrogen functional groups attached to an aromatic ring is 1. The number of nitrogens with two attached hydrogens (primary N) is 1. The Labute approximate surface area is 119 Å². The fourth-order valence-electron chi connectivity index (χ4n) is 2.01. The largest absolute Gasteiger partial charge is 0.396 e. The lowest BCUT2D eigenvalue weighted by molar-refractivity contribution is 0.624. The van der Waals surface area contributed by atoms with Crippen molar-refractivity contribution in [2.75, 3.05) is 5.73 Å². The van der Waals surface area contributed by atoms with E-state index in [4.69, 9.17) is 5.73 Å². The highest BCUT2D eigenvalue weighted by Crippen LogP contribution is 2.24. The maximum atomic E-state index is 13.6. The molecule has 0 unspecified atom stereocenters. The fraction of sp³-hybridized carbons (Fsp3) is 0.0714. The lowest BCUT2D eigenvalue weighted by atomic mass is 10.1. The Kier molecular flexibility index (Phi) is 3.09. The Morgan fingerprint density at radius 2 is 1.90 bits per heavy atom. The molecular weight excluding hydrogens is 276 g/mol. The number of tetrazole rings is 1. The SMILES string of the molecule is Cc1ccc(F)cc1-n1nnnc1-c1ccc(N)c(F)c1. The molecule has 0 aliphatic rings. The van der Waals surface area contributed by atoms with Crippen molar-refractivity contribution in [1.82, 2.24) is 20.2 Å². The number of hydrogen-bond acceptors (Lipinski definition) is 4. The summed E-state index contributed by atoms with van der Waals surface area (Å²) in [6, 6.07) is 8.58. The van der Waals surface area contributed by atoms with Gasteiger partial charge in [0.15, 0.2) is 5.82 Å². The topological polar surface area (TPSA) is 69.6 Å². The quantitative estimate of drug-likeness (QED) is 0.735. The molecule has 1 aromatic heterocycles. The van der Waals surface area contributed by atoms with E-state index < -0.39 is 11.6 Å². The van der Waals surface area contributed by atoms with Crippen LogP contribution < -0.4 is 5.73 Å². The molecule has 2 N–H and O–H groups in total. The Bertz CT molecular complexity index is 813. The molecule has 1 heterocycles. The summed E-state index contributed by atoms with van der Waals surface area (Å²) in [6.45, 7) is 1.81. The first-order chi connectivity index (χ1) is 10.1. The van der Waals surface area contributed by atoms with E-state index in [0.29, 0.717) is 17.1 Å². The van der Waals surface area contributed by atoms with Gasteiger partial charge in [-0.15, -0.1) is 5.10 Å². The summed E-state index contributed by atoms with van der Waals surface area (Å²) < 4.78 is 28.4. The highest BCUT2D eigenvalue weighted by molar-refractivity contribution is 5.61. The van der Waals surface area contributed by atoms with Gasteiger partial charge in [-0.25, -0.2) is 8.78 Å². The molecule has 0 aliphatic carbocycles. The Balaban J connectivity index is 2.17. The third-order valence-corrected chi connectivity index (χ3v) is 3.13. The van der Waals surface area contributed by atoms with Gasteiger partial charge in [0.1, 0.15) is 11.6 Å². The van der Waals surface area contributed by atoms with Crippen LogP contribution in [-0.2, 0) is 0 Å². The van der Waals surface area contributed by atoms with E-state index in [0.717, 1.165) is 5.56 Å². The van der Waals surface area contributed by atoms with Crippen LogP contribution in [0.1, 0.15) is 5.56 Å². The second kappa shape index (κ2) is 4.93. The molecule has 0 amide bonds. The fourth-order valence-corrected chi connectivity index (χ4v) is 2.01. The molecule has 0 saturated heterocycles. The van der Waals surface area contributed by atoms with Crippen LogP contribution in [0.4, 0.5) is 14.5 Å². The molecule has 21 heavy (non-hydrogen) atoms. The van der Waals surface area contributed by atoms with Gasteiger partial charge in [-0.1, -0.05) is 6.07 Å². The number of aryl methyl sites for hydroxylation is 1. The average molecular weight is 287 g/mol. The van der Waals surface area contributed by atoms with E-state index in [1.165, 1.54) is 28.9 Å². The minimum Gasteiger partial charge on any atom is -0.396 e. The summed E-state index contributed by atoms with van der Waals surface area (Å²) >= 11 is 0. The number of hydrogen-bond donors (Lipinski definition) is 1. The highest BCUT2D eigenvalue weighted by atomic mass is 19.1. The molecular formula is C14H11F2N5. The van der Waals surface area contributed by atoms with Crippen LogP contribution in [0.2, 0.25) is 0 Å². The molecule has 7 heteroatoms. The van der Waals surface area contributed by atoms with Crippen LogP contribution in [0.25, 0.3) is 17.1 Å². The molecule has 3 aromatic rings. The van der Waals surface area contributed by atoms with E-state index in [9.17, 15) is 8.78 Å². The first-order valence-corrected chi connectivity index (χ1v) is 6.16. The molecule has 0 bridgehead atoms. The summed E-state index contributed by atoms with van der Waals surface area (Å²) in [5.74, 6) is -0.652. The van der Waals surface area contributed by atoms with Crippen molar-refractivity contribution in [3.8, 4) is 17.1 Å². The third-order valence-electron chi connectivity index (χ3n) is 3.13. The number of benzene rings is 2. The summed E-state index contributed by atoms with van der Waals surface area (Å²) in [7, 11) is 0. The lowest BCUT2D eigenvalue weighted by Crippen LogP contribution is -2.03. The van der Waals surface area contributed by atoms with Crippen molar-refractivity contribution in [3.63, 3.8) is 0 Å². The van der Waals surface area contributed by atoms with Crippen LogP contribution >= 0.6 is 0 Å². The van der Waals surface area contributed by atoms with E-state index in [-0.39, 0.29) is 5.69 Å². The van der Waals surface area contributed by atoms with Crippen molar-refractivity contribution >= 4 is 5.69 Å². The average Bonchev–Trinajstić information content (AvgIpc) is 2.93. The highest BCUT2D eigenvalue weighted by Gasteiger charge is 2.14. The zero-order valence-electron chi connectivity index (χ0n) is 11.1. The molecule has 0 spiro atoms. The van der Waals surface area contributed by atoms with Crippen molar-refractivity contribution in [2.45, 2.75) is 6.92 Å². The second-order valence-electron chi connectivity index (χ2n) is 4.58. The van der Waals surface area contributed by atoms with Gasteiger partial charge in [0.05, 0.1) is 11.4 Å². The normalized spacial score (nSPS) is 10.8. The molecule has 0 aliphatic heterocycles. The maximum Gasteiger partial charge on any atom is 0.187 e. The number of anilines is 1. The number of nitrogens with zero attached hydrogens (tertiary/aromatic N) is 4. The van der Waals surface area contributed by atoms with Crippen LogP contribution in [0.3, 0.4) is 0 Å². The molecule has 0 saturated carbocycles. The number of rotatable bonds is 2. The molecule has 0 fully saturated rings. The Hall–Kier alpha value is -2.83. The molecule has 3 rings (SSSR count). The van der Waals surface area contributed by atoms with Gasteiger partial charge in [0, 0.05) is 5.56 Å². The van der Waals surface area contributed by atoms with Crippen LogP contribution in [0.5, 0.6) is 0 Å². The van der Waals surface area contributed by atoms with Crippen molar-refractivity contribution in [3.05, 3.63) is 53.6 Å². The Morgan fingerprint density at radius 3 is 2.67 bits per heavy atom. The van der Waals surface area contributed by atoms with Gasteiger partial charge >= 0.3 is 0 Å². The molecule has 2 aromatic carbocycles. The van der Waals surface area contributed by atoms with Gasteiger partial charge < -0.3 is 5.73 Å². The minimum absolute atomic E-state index is 0.0414. The van der Waals surface area contributed by atoms with Gasteiger partial charge in [0.2, 0.25) is 0 Å². The minimum atomic E-state index is -0.557. The van der Waals surface area contributed by atoms with Crippen LogP contribution in [-0.4, -0.2) is 20.2 Å². The van der Waals surface area contributed by atoms with Gasteiger partial charge in [0.25, 0.3) is 0 Å². The third kappa shape index (κ3) is 2.33. The van der Waals surface area contributed by atoms with Gasteiger partial charge in [-0.2, -0.15) is 4.68 Å². The summed E-state index contributed by atoms with van der Waals surface area (Å²) in [6.07, 6.45) is 0. The van der Waals surface area contributed by atoms with Crippen LogP contribution in [0, 0.1) is 18.6 Å². The molecule has 106 valence electrons. The summed E-state index contributed by atoms with van der Waals surface area (Å²) in [4.78, 5) is 0. The predicted molar refractivity (Wildman–Crippen MR) is 73.7 cm³/mol. The maximum absolute atomic E-state index is 13.6. The predicted octanol–water partition coefficient (Wildman–Crippen LogP) is 2.50. The van der Waals surface area contributed by atoms with E-state index >= 15 is 0 Å². The molecule has 0 radical (unpaired) electrons. The van der Waals surface area contributed by atoms with E-state index in [1.54, 1.807) is 12.1 Å². The van der Waals surface area contributed by atoms with Crippen molar-refractivity contribution in [1.29, 1.82) is 0 Å². The zero-order chi connectivity index (χ0) is 15.0.